The minimum Gasteiger partial charge on any atom is -0.381 e. The summed E-state index contributed by atoms with van der Waals surface area (Å²) in [4.78, 5) is 31.7. The fourth-order valence-corrected chi connectivity index (χ4v) is 4.41. The van der Waals surface area contributed by atoms with Crippen molar-refractivity contribution >= 4 is 17.6 Å². The fraction of sp³-hybridized carbons (Fsp3) is 0.650. The molecule has 3 aliphatic rings. The third-order valence-corrected chi connectivity index (χ3v) is 6.24. The van der Waals surface area contributed by atoms with Gasteiger partial charge in [0.05, 0.1) is 5.92 Å². The lowest BCUT2D eigenvalue weighted by Gasteiger charge is -2.33. The van der Waals surface area contributed by atoms with E-state index in [4.69, 9.17) is 4.74 Å². The Kier molecular flexibility index (Phi) is 4.69. The molecule has 1 spiro atoms. The second kappa shape index (κ2) is 6.99. The number of nitrogens with zero attached hydrogens (tertiary/aromatic N) is 2. The summed E-state index contributed by atoms with van der Waals surface area (Å²) in [6, 6.07) is 3.75. The summed E-state index contributed by atoms with van der Waals surface area (Å²) in [5, 5.41) is 2.90. The van der Waals surface area contributed by atoms with E-state index in [9.17, 15) is 9.59 Å². The maximum absolute atomic E-state index is 12.9. The molecule has 1 N–H and O–H groups in total. The summed E-state index contributed by atoms with van der Waals surface area (Å²) < 4.78 is 5.45. The van der Waals surface area contributed by atoms with Crippen LogP contribution in [0.3, 0.4) is 0 Å². The van der Waals surface area contributed by atoms with Gasteiger partial charge in [-0.3, -0.25) is 9.59 Å². The zero-order chi connectivity index (χ0) is 18.1. The molecule has 1 aliphatic carbocycles. The average molecular weight is 357 g/mol. The second-order valence-corrected chi connectivity index (χ2v) is 8.06. The number of amides is 2. The number of likely N-dealkylation sites (tertiary alicyclic amines) is 1. The van der Waals surface area contributed by atoms with Gasteiger partial charge in [-0.1, -0.05) is 6.07 Å². The monoisotopic (exact) mass is 357 g/mol. The van der Waals surface area contributed by atoms with E-state index in [0.717, 1.165) is 57.4 Å². The van der Waals surface area contributed by atoms with Gasteiger partial charge in [-0.25, -0.2) is 4.98 Å². The predicted molar refractivity (Wildman–Crippen MR) is 97.5 cm³/mol. The van der Waals surface area contributed by atoms with Gasteiger partial charge >= 0.3 is 0 Å². The number of carbonyl (C=O) groups is 2. The minimum atomic E-state index is -0.153. The van der Waals surface area contributed by atoms with Gasteiger partial charge in [0, 0.05) is 38.4 Å². The maximum atomic E-state index is 12.9. The highest BCUT2D eigenvalue weighted by Crippen LogP contribution is 2.59. The first-order valence-corrected chi connectivity index (χ1v) is 9.67. The number of pyridine rings is 1. The van der Waals surface area contributed by atoms with Crippen LogP contribution in [0.25, 0.3) is 0 Å². The third kappa shape index (κ3) is 3.47. The molecule has 3 fully saturated rings. The highest BCUT2D eigenvalue weighted by atomic mass is 16.5. The maximum Gasteiger partial charge on any atom is 0.230 e. The molecule has 26 heavy (non-hydrogen) atoms. The third-order valence-electron chi connectivity index (χ3n) is 6.24. The molecular weight excluding hydrogens is 330 g/mol. The van der Waals surface area contributed by atoms with E-state index < -0.39 is 0 Å². The summed E-state index contributed by atoms with van der Waals surface area (Å²) in [7, 11) is 0. The van der Waals surface area contributed by atoms with Crippen LogP contribution in [0, 0.1) is 24.2 Å². The van der Waals surface area contributed by atoms with Crippen LogP contribution in [-0.2, 0) is 14.3 Å². The van der Waals surface area contributed by atoms with E-state index >= 15 is 0 Å². The molecule has 2 atom stereocenters. The predicted octanol–water partition coefficient (Wildman–Crippen LogP) is 2.38. The number of hydrogen-bond acceptors (Lipinski definition) is 4. The van der Waals surface area contributed by atoms with E-state index in [1.165, 1.54) is 0 Å². The van der Waals surface area contributed by atoms with E-state index in [0.29, 0.717) is 12.4 Å². The number of hydrogen-bond donors (Lipinski definition) is 1. The van der Waals surface area contributed by atoms with Gasteiger partial charge < -0.3 is 15.0 Å². The molecule has 1 aromatic heterocycles. The number of aromatic nitrogens is 1. The molecule has 6 nitrogen and oxygen atoms in total. The lowest BCUT2D eigenvalue weighted by molar-refractivity contribution is -0.137. The lowest BCUT2D eigenvalue weighted by Crippen LogP contribution is -2.45. The first-order chi connectivity index (χ1) is 12.6. The molecule has 0 bridgehead atoms. The van der Waals surface area contributed by atoms with Gasteiger partial charge in [0.15, 0.2) is 0 Å². The van der Waals surface area contributed by atoms with Gasteiger partial charge in [-0.15, -0.1) is 0 Å². The number of carbonyl (C=O) groups excluding carboxylic acids is 2. The zero-order valence-electron chi connectivity index (χ0n) is 15.4. The van der Waals surface area contributed by atoms with Crippen LogP contribution in [0.4, 0.5) is 5.82 Å². The summed E-state index contributed by atoms with van der Waals surface area (Å²) in [5.74, 6) is 0.785. The number of anilines is 1. The van der Waals surface area contributed by atoms with Crippen molar-refractivity contribution in [2.75, 3.05) is 31.6 Å². The molecule has 4 rings (SSSR count). The first kappa shape index (κ1) is 17.5. The molecule has 0 radical (unpaired) electrons. The Labute approximate surface area is 154 Å². The normalized spacial score (nSPS) is 27.2. The number of nitrogens with one attached hydrogen (secondary N) is 1. The number of piperidine rings is 1. The van der Waals surface area contributed by atoms with Gasteiger partial charge in [0.1, 0.15) is 5.82 Å². The molecule has 140 valence electrons. The second-order valence-electron chi connectivity index (χ2n) is 8.06. The molecule has 1 aromatic rings. The Balaban J connectivity index is 1.34. The Hall–Kier alpha value is -1.95. The molecule has 2 amide bonds. The van der Waals surface area contributed by atoms with E-state index in [2.05, 4.69) is 10.3 Å². The number of aryl methyl sites for hydroxylation is 1. The molecular formula is C20H27N3O3. The van der Waals surface area contributed by atoms with Crippen molar-refractivity contribution in [3.8, 4) is 0 Å². The van der Waals surface area contributed by atoms with Crippen LogP contribution in [-0.4, -0.2) is 48.0 Å². The van der Waals surface area contributed by atoms with Crippen LogP contribution < -0.4 is 5.32 Å². The quantitative estimate of drug-likeness (QED) is 0.902. The largest absolute Gasteiger partial charge is 0.381 e. The van der Waals surface area contributed by atoms with Gasteiger partial charge in [-0.05, 0) is 56.1 Å². The zero-order valence-corrected chi connectivity index (χ0v) is 15.4. The van der Waals surface area contributed by atoms with Crippen LogP contribution in [0.5, 0.6) is 0 Å². The van der Waals surface area contributed by atoms with Crippen molar-refractivity contribution < 1.29 is 14.3 Å². The number of rotatable bonds is 3. The van der Waals surface area contributed by atoms with Crippen LogP contribution in [0.2, 0.25) is 0 Å². The lowest BCUT2D eigenvalue weighted by atomic mass is 9.92. The Morgan fingerprint density at radius 2 is 2.12 bits per heavy atom. The molecule has 1 saturated carbocycles. The van der Waals surface area contributed by atoms with Crippen molar-refractivity contribution in [2.24, 2.45) is 17.3 Å². The van der Waals surface area contributed by atoms with Crippen LogP contribution in [0.1, 0.15) is 37.7 Å². The summed E-state index contributed by atoms with van der Waals surface area (Å²) >= 11 is 0. The first-order valence-electron chi connectivity index (χ1n) is 9.67. The molecule has 0 unspecified atom stereocenters. The van der Waals surface area contributed by atoms with Gasteiger partial charge in [0.2, 0.25) is 11.8 Å². The molecule has 2 aliphatic heterocycles. The van der Waals surface area contributed by atoms with Crippen molar-refractivity contribution in [2.45, 2.75) is 39.0 Å². The van der Waals surface area contributed by atoms with Crippen molar-refractivity contribution in [3.05, 3.63) is 23.9 Å². The number of ether oxygens (including phenoxy) is 1. The minimum absolute atomic E-state index is 0.0320. The topological polar surface area (TPSA) is 71.5 Å². The summed E-state index contributed by atoms with van der Waals surface area (Å²) in [5.41, 5.74) is 1.25. The van der Waals surface area contributed by atoms with Crippen molar-refractivity contribution in [1.82, 2.24) is 9.88 Å². The molecule has 2 saturated heterocycles. The van der Waals surface area contributed by atoms with E-state index in [-0.39, 0.29) is 29.1 Å². The fourth-order valence-electron chi connectivity index (χ4n) is 4.41. The summed E-state index contributed by atoms with van der Waals surface area (Å²) in [6.45, 7) is 4.82. The Morgan fingerprint density at radius 1 is 1.31 bits per heavy atom. The smallest absolute Gasteiger partial charge is 0.230 e. The Morgan fingerprint density at radius 3 is 2.85 bits per heavy atom. The van der Waals surface area contributed by atoms with E-state index in [1.807, 2.05) is 24.0 Å². The standard InChI is InChI=1S/C20H27N3O3/c1-14-4-5-17(21-12-14)22-18(24)15-3-2-8-23(13-15)19(25)16-11-20(16)6-9-26-10-7-20/h4-5,12,15-16H,2-3,6-11,13H2,1H3,(H,21,22,24)/t15-,16-/m0/s1. The molecule has 0 aromatic carbocycles. The van der Waals surface area contributed by atoms with Gasteiger partial charge in [0.25, 0.3) is 0 Å². The highest BCUT2D eigenvalue weighted by Gasteiger charge is 2.59. The van der Waals surface area contributed by atoms with Crippen molar-refractivity contribution in [3.63, 3.8) is 0 Å². The Bertz CT molecular complexity index is 682. The highest BCUT2D eigenvalue weighted by molar-refractivity contribution is 5.92. The van der Waals surface area contributed by atoms with Crippen LogP contribution >= 0.6 is 0 Å². The van der Waals surface area contributed by atoms with Crippen molar-refractivity contribution in [1.29, 1.82) is 0 Å². The van der Waals surface area contributed by atoms with E-state index in [1.54, 1.807) is 6.20 Å². The average Bonchev–Trinajstić information content (AvgIpc) is 3.36. The molecule has 6 heteroatoms. The summed E-state index contributed by atoms with van der Waals surface area (Å²) in [6.07, 6.45) is 6.45. The SMILES string of the molecule is Cc1ccc(NC(=O)[C@H]2CCCN(C(=O)[C@@H]3CC34CCOCC4)C2)nc1. The van der Waals surface area contributed by atoms with Gasteiger partial charge in [-0.2, -0.15) is 0 Å². The molecule has 3 heterocycles. The van der Waals surface area contributed by atoms with Crippen LogP contribution in [0.15, 0.2) is 18.3 Å².